The Morgan fingerprint density at radius 3 is 2.52 bits per heavy atom. The molecule has 5 rings (SSSR count). The summed E-state index contributed by atoms with van der Waals surface area (Å²) in [6.07, 6.45) is 2.32. The number of hydrogen-bond acceptors (Lipinski definition) is 7. The number of carbonyl (C=O) groups is 2. The Bertz CT molecular complexity index is 1260. The topological polar surface area (TPSA) is 96.7 Å². The Kier molecular flexibility index (Phi) is 9.58. The predicted octanol–water partition coefficient (Wildman–Crippen LogP) is 4.56. The number of hydrogen-bond donors (Lipinski definition) is 1. The predicted molar refractivity (Wildman–Crippen MR) is 152 cm³/mol. The van der Waals surface area contributed by atoms with E-state index in [4.69, 9.17) is 18.6 Å². The van der Waals surface area contributed by atoms with Gasteiger partial charge >= 0.3 is 6.03 Å². The number of urea groups is 1. The SMILES string of the molecule is O=C(CN(CCCN1CCOCC1)C(=O)Nc1ccc(Br)cc1)N(Cc1ccc2c(c1)OCO2)Cc1ccco1. The van der Waals surface area contributed by atoms with E-state index in [1.54, 1.807) is 22.1 Å². The molecule has 1 aromatic heterocycles. The first-order valence-electron chi connectivity index (χ1n) is 13.3. The van der Waals surface area contributed by atoms with E-state index in [1.165, 1.54) is 0 Å². The van der Waals surface area contributed by atoms with E-state index in [-0.39, 0.29) is 31.8 Å². The van der Waals surface area contributed by atoms with Gasteiger partial charge in [-0.3, -0.25) is 9.69 Å². The maximum Gasteiger partial charge on any atom is 0.322 e. The maximum absolute atomic E-state index is 13.8. The van der Waals surface area contributed by atoms with Crippen LogP contribution in [0.4, 0.5) is 10.5 Å². The molecule has 0 atom stereocenters. The third-order valence-electron chi connectivity index (χ3n) is 6.80. The molecule has 2 aromatic carbocycles. The zero-order valence-electron chi connectivity index (χ0n) is 22.2. The van der Waals surface area contributed by atoms with Gasteiger partial charge in [0.2, 0.25) is 12.7 Å². The van der Waals surface area contributed by atoms with E-state index in [1.807, 2.05) is 48.5 Å². The Hall–Kier alpha value is -3.54. The molecule has 0 bridgehead atoms. The normalized spacial score (nSPS) is 14.6. The van der Waals surface area contributed by atoms with Crippen molar-refractivity contribution in [2.45, 2.75) is 19.5 Å². The number of rotatable bonds is 11. The van der Waals surface area contributed by atoms with Gasteiger partial charge in [0.15, 0.2) is 11.5 Å². The lowest BCUT2D eigenvalue weighted by molar-refractivity contribution is -0.133. The molecule has 2 aliphatic rings. The molecule has 0 saturated carbocycles. The molecular formula is C29H33BrN4O6. The molecule has 3 aromatic rings. The van der Waals surface area contributed by atoms with Gasteiger partial charge in [0.05, 0.1) is 26.0 Å². The number of furan rings is 1. The molecule has 0 aliphatic carbocycles. The van der Waals surface area contributed by atoms with Crippen LogP contribution in [0.2, 0.25) is 0 Å². The maximum atomic E-state index is 13.8. The lowest BCUT2D eigenvalue weighted by Gasteiger charge is -2.30. The summed E-state index contributed by atoms with van der Waals surface area (Å²) in [6, 6.07) is 16.3. The van der Waals surface area contributed by atoms with Gasteiger partial charge in [-0.1, -0.05) is 22.0 Å². The molecule has 1 fully saturated rings. The standard InChI is InChI=1S/C29H33BrN4O6/c30-23-5-7-24(8-6-23)31-29(36)33(11-2-10-32-12-15-37-16-13-32)20-28(35)34(19-25-3-1-14-38-25)18-22-4-9-26-27(17-22)40-21-39-26/h1,3-9,14,17H,2,10-13,15-16,18-21H2,(H,31,36). The van der Waals surface area contributed by atoms with Gasteiger partial charge in [-0.05, 0) is 60.5 Å². The average Bonchev–Trinajstić information content (AvgIpc) is 3.66. The third kappa shape index (κ3) is 7.77. The molecule has 2 aliphatic heterocycles. The van der Waals surface area contributed by atoms with Crippen molar-refractivity contribution >= 4 is 33.6 Å². The second kappa shape index (κ2) is 13.7. The molecule has 1 N–H and O–H groups in total. The summed E-state index contributed by atoms with van der Waals surface area (Å²) >= 11 is 3.42. The zero-order chi connectivity index (χ0) is 27.7. The van der Waals surface area contributed by atoms with Crippen molar-refractivity contribution in [3.63, 3.8) is 0 Å². The largest absolute Gasteiger partial charge is 0.467 e. The Balaban J connectivity index is 1.29. The van der Waals surface area contributed by atoms with Gasteiger partial charge in [0, 0.05) is 42.9 Å². The van der Waals surface area contributed by atoms with Gasteiger partial charge in [0.25, 0.3) is 0 Å². The van der Waals surface area contributed by atoms with Gasteiger partial charge in [-0.2, -0.15) is 0 Å². The van der Waals surface area contributed by atoms with Crippen LogP contribution in [0, 0.1) is 0 Å². The van der Waals surface area contributed by atoms with Crippen LogP contribution in [-0.4, -0.2) is 79.4 Å². The van der Waals surface area contributed by atoms with E-state index in [0.717, 1.165) is 36.1 Å². The molecule has 11 heteroatoms. The fourth-order valence-electron chi connectivity index (χ4n) is 4.64. The van der Waals surface area contributed by atoms with Crippen molar-refractivity contribution in [3.05, 3.63) is 76.7 Å². The van der Waals surface area contributed by atoms with E-state index in [9.17, 15) is 9.59 Å². The number of nitrogens with zero attached hydrogens (tertiary/aromatic N) is 3. The number of carbonyl (C=O) groups excluding carboxylic acids is 2. The highest BCUT2D eigenvalue weighted by molar-refractivity contribution is 9.10. The molecule has 40 heavy (non-hydrogen) atoms. The van der Waals surface area contributed by atoms with Crippen molar-refractivity contribution < 1.29 is 28.2 Å². The van der Waals surface area contributed by atoms with Crippen molar-refractivity contribution in [2.24, 2.45) is 0 Å². The fraction of sp³-hybridized carbons (Fsp3) is 0.379. The minimum Gasteiger partial charge on any atom is -0.467 e. The first-order chi connectivity index (χ1) is 19.5. The lowest BCUT2D eigenvalue weighted by atomic mass is 10.2. The van der Waals surface area contributed by atoms with Crippen LogP contribution < -0.4 is 14.8 Å². The monoisotopic (exact) mass is 612 g/mol. The highest BCUT2D eigenvalue weighted by atomic mass is 79.9. The molecule has 3 amide bonds. The summed E-state index contributed by atoms with van der Waals surface area (Å²) in [6.45, 7) is 5.14. The number of benzene rings is 2. The van der Waals surface area contributed by atoms with Crippen LogP contribution in [0.1, 0.15) is 17.7 Å². The second-order valence-corrected chi connectivity index (χ2v) is 10.6. The van der Waals surface area contributed by atoms with E-state index >= 15 is 0 Å². The highest BCUT2D eigenvalue weighted by Crippen LogP contribution is 2.33. The molecule has 212 valence electrons. The average molecular weight is 614 g/mol. The molecular weight excluding hydrogens is 580 g/mol. The lowest BCUT2D eigenvalue weighted by Crippen LogP contribution is -2.45. The minimum absolute atomic E-state index is 0.0727. The van der Waals surface area contributed by atoms with E-state index in [2.05, 4.69) is 26.1 Å². The van der Waals surface area contributed by atoms with Crippen molar-refractivity contribution in [3.8, 4) is 11.5 Å². The summed E-state index contributed by atoms with van der Waals surface area (Å²) in [5, 5.41) is 2.94. The fourth-order valence-corrected chi connectivity index (χ4v) is 4.91. The van der Waals surface area contributed by atoms with Crippen LogP contribution in [0.15, 0.2) is 69.8 Å². The van der Waals surface area contributed by atoms with Crippen LogP contribution in [0.3, 0.4) is 0 Å². The zero-order valence-corrected chi connectivity index (χ0v) is 23.8. The number of nitrogens with one attached hydrogen (secondary N) is 1. The van der Waals surface area contributed by atoms with Crippen molar-refractivity contribution in [1.29, 1.82) is 0 Å². The summed E-state index contributed by atoms with van der Waals surface area (Å²) in [5.74, 6) is 1.81. The molecule has 1 saturated heterocycles. The second-order valence-electron chi connectivity index (χ2n) is 9.68. The quantitative estimate of drug-likeness (QED) is 0.339. The summed E-state index contributed by atoms with van der Waals surface area (Å²) in [4.78, 5) is 32.7. The number of halogens is 1. The molecule has 10 nitrogen and oxygen atoms in total. The van der Waals surface area contributed by atoms with Crippen LogP contribution in [0.5, 0.6) is 11.5 Å². The third-order valence-corrected chi connectivity index (χ3v) is 7.33. The molecule has 3 heterocycles. The number of anilines is 1. The van der Waals surface area contributed by atoms with Gasteiger partial charge < -0.3 is 33.7 Å². The Morgan fingerprint density at radius 2 is 1.75 bits per heavy atom. The molecule has 0 radical (unpaired) electrons. The number of amides is 3. The van der Waals surface area contributed by atoms with E-state index in [0.29, 0.717) is 49.2 Å². The van der Waals surface area contributed by atoms with Crippen molar-refractivity contribution in [1.82, 2.24) is 14.7 Å². The first kappa shape index (κ1) is 28.0. The number of ether oxygens (including phenoxy) is 3. The Labute approximate surface area is 241 Å². The van der Waals surface area contributed by atoms with E-state index < -0.39 is 0 Å². The smallest absolute Gasteiger partial charge is 0.322 e. The summed E-state index contributed by atoms with van der Waals surface area (Å²) in [7, 11) is 0. The van der Waals surface area contributed by atoms with Gasteiger partial charge in [-0.25, -0.2) is 4.79 Å². The number of fused-ring (bicyclic) bond motifs is 1. The van der Waals surface area contributed by atoms with Crippen LogP contribution >= 0.6 is 15.9 Å². The van der Waals surface area contributed by atoms with Crippen LogP contribution in [0.25, 0.3) is 0 Å². The van der Waals surface area contributed by atoms with Crippen molar-refractivity contribution in [2.75, 3.05) is 58.0 Å². The summed E-state index contributed by atoms with van der Waals surface area (Å²) in [5.41, 5.74) is 1.55. The highest BCUT2D eigenvalue weighted by Gasteiger charge is 2.24. The van der Waals surface area contributed by atoms with Gasteiger partial charge in [-0.15, -0.1) is 0 Å². The number of morpholine rings is 1. The van der Waals surface area contributed by atoms with Gasteiger partial charge in [0.1, 0.15) is 12.3 Å². The summed E-state index contributed by atoms with van der Waals surface area (Å²) < 4.78 is 22.9. The molecule has 0 spiro atoms. The first-order valence-corrected chi connectivity index (χ1v) is 14.1. The Morgan fingerprint density at radius 1 is 0.950 bits per heavy atom. The minimum atomic E-state index is -0.321. The molecule has 0 unspecified atom stereocenters. The van der Waals surface area contributed by atoms with Crippen LogP contribution in [-0.2, 0) is 22.6 Å².